The Bertz CT molecular complexity index is 668. The number of halogens is 4. The molecule has 4 nitrogen and oxygen atoms in total. The van der Waals surface area contributed by atoms with Crippen LogP contribution in [0.3, 0.4) is 0 Å². The van der Waals surface area contributed by atoms with Gasteiger partial charge in [0.05, 0.1) is 17.4 Å². The number of amides is 1. The smallest absolute Gasteiger partial charge is 0.399 e. The summed E-state index contributed by atoms with van der Waals surface area (Å²) in [5.41, 5.74) is 4.24. The van der Waals surface area contributed by atoms with E-state index in [0.717, 1.165) is 24.4 Å². The zero-order chi connectivity index (χ0) is 15.6. The van der Waals surface area contributed by atoms with E-state index in [-0.39, 0.29) is 16.9 Å². The summed E-state index contributed by atoms with van der Waals surface area (Å²) in [4.78, 5) is 15.0. The number of anilines is 2. The summed E-state index contributed by atoms with van der Waals surface area (Å²) < 4.78 is 50.5. The summed E-state index contributed by atoms with van der Waals surface area (Å²) in [5, 5.41) is 2.24. The summed E-state index contributed by atoms with van der Waals surface area (Å²) in [6.07, 6.45) is -3.73. The molecule has 0 unspecified atom stereocenters. The average molecular weight is 299 g/mol. The van der Waals surface area contributed by atoms with E-state index in [4.69, 9.17) is 5.73 Å². The summed E-state index contributed by atoms with van der Waals surface area (Å²) in [5.74, 6) is -1.62. The Hall–Kier alpha value is -2.64. The van der Waals surface area contributed by atoms with Crippen LogP contribution in [0.25, 0.3) is 0 Å². The number of carbonyl (C=O) groups is 1. The van der Waals surface area contributed by atoms with Crippen LogP contribution in [0, 0.1) is 5.82 Å². The minimum Gasteiger partial charge on any atom is -0.399 e. The van der Waals surface area contributed by atoms with Crippen molar-refractivity contribution in [3.63, 3.8) is 0 Å². The summed E-state index contributed by atoms with van der Waals surface area (Å²) >= 11 is 0. The molecule has 0 bridgehead atoms. The number of benzene rings is 1. The quantitative estimate of drug-likeness (QED) is 0.661. The first-order valence-corrected chi connectivity index (χ1v) is 5.67. The highest BCUT2D eigenvalue weighted by atomic mass is 19.4. The van der Waals surface area contributed by atoms with Crippen LogP contribution in [0.5, 0.6) is 0 Å². The number of nitrogen functional groups attached to an aromatic ring is 1. The van der Waals surface area contributed by atoms with Crippen molar-refractivity contribution in [3.8, 4) is 0 Å². The Morgan fingerprint density at radius 3 is 2.48 bits per heavy atom. The first-order chi connectivity index (χ1) is 9.77. The summed E-state index contributed by atoms with van der Waals surface area (Å²) in [6.45, 7) is 0. The third-order valence-electron chi connectivity index (χ3n) is 2.55. The molecule has 0 aliphatic heterocycles. The molecule has 0 atom stereocenters. The predicted molar refractivity (Wildman–Crippen MR) is 68.0 cm³/mol. The lowest BCUT2D eigenvalue weighted by Gasteiger charge is -2.08. The molecule has 110 valence electrons. The first-order valence-electron chi connectivity index (χ1n) is 5.67. The van der Waals surface area contributed by atoms with Crippen LogP contribution >= 0.6 is 0 Å². The molecule has 0 radical (unpaired) electrons. The van der Waals surface area contributed by atoms with Gasteiger partial charge in [-0.25, -0.2) is 9.37 Å². The number of hydrogen-bond donors (Lipinski definition) is 2. The molecular weight excluding hydrogens is 290 g/mol. The number of aromatic nitrogens is 1. The zero-order valence-electron chi connectivity index (χ0n) is 10.4. The lowest BCUT2D eigenvalue weighted by Crippen LogP contribution is -2.15. The summed E-state index contributed by atoms with van der Waals surface area (Å²) in [7, 11) is 0. The molecule has 8 heteroatoms. The van der Waals surface area contributed by atoms with Gasteiger partial charge in [0.1, 0.15) is 11.5 Å². The number of nitrogens with two attached hydrogens (primary N) is 1. The van der Waals surface area contributed by atoms with Gasteiger partial charge in [0.25, 0.3) is 5.91 Å². The number of nitrogens with one attached hydrogen (secondary N) is 1. The highest BCUT2D eigenvalue weighted by molar-refractivity contribution is 6.04. The van der Waals surface area contributed by atoms with Gasteiger partial charge >= 0.3 is 6.18 Å². The average Bonchev–Trinajstić information content (AvgIpc) is 2.41. The second-order valence-corrected chi connectivity index (χ2v) is 4.12. The van der Waals surface area contributed by atoms with E-state index in [2.05, 4.69) is 10.3 Å². The number of nitrogens with zero attached hydrogens (tertiary/aromatic N) is 1. The third kappa shape index (κ3) is 3.47. The van der Waals surface area contributed by atoms with Gasteiger partial charge in [-0.05, 0) is 30.3 Å². The molecular formula is C13H9F4N3O. The van der Waals surface area contributed by atoms with Crippen molar-refractivity contribution in [1.29, 1.82) is 0 Å². The van der Waals surface area contributed by atoms with Gasteiger partial charge in [-0.1, -0.05) is 0 Å². The normalized spacial score (nSPS) is 11.2. The van der Waals surface area contributed by atoms with Crippen LogP contribution in [-0.2, 0) is 6.18 Å². The molecule has 0 saturated carbocycles. The van der Waals surface area contributed by atoms with E-state index < -0.39 is 23.6 Å². The Labute approximate surface area is 116 Å². The maximum absolute atomic E-state index is 13.5. The molecule has 0 saturated heterocycles. The van der Waals surface area contributed by atoms with Crippen LogP contribution in [0.15, 0.2) is 36.5 Å². The van der Waals surface area contributed by atoms with Crippen molar-refractivity contribution in [3.05, 3.63) is 53.6 Å². The molecule has 21 heavy (non-hydrogen) atoms. The van der Waals surface area contributed by atoms with E-state index in [9.17, 15) is 22.4 Å². The Balaban J connectivity index is 2.18. The van der Waals surface area contributed by atoms with Crippen LogP contribution in [0.1, 0.15) is 16.1 Å². The third-order valence-corrected chi connectivity index (χ3v) is 2.55. The number of rotatable bonds is 2. The lowest BCUT2D eigenvalue weighted by molar-refractivity contribution is -0.141. The molecule has 2 rings (SSSR count). The minimum atomic E-state index is -4.57. The summed E-state index contributed by atoms with van der Waals surface area (Å²) in [6, 6.07) is 5.17. The monoisotopic (exact) mass is 299 g/mol. The van der Waals surface area contributed by atoms with Crippen molar-refractivity contribution < 1.29 is 22.4 Å². The van der Waals surface area contributed by atoms with E-state index in [1.807, 2.05) is 0 Å². The van der Waals surface area contributed by atoms with Crippen LogP contribution in [0.4, 0.5) is 28.9 Å². The standard InChI is InChI=1S/C13H9F4N3O/c14-10-3-1-7(18)5-9(10)12(21)20-8-2-4-11(19-6-8)13(15,16)17/h1-6H,18H2,(H,20,21). The van der Waals surface area contributed by atoms with Gasteiger partial charge in [-0.2, -0.15) is 13.2 Å². The molecule has 2 aromatic rings. The number of alkyl halides is 3. The van der Waals surface area contributed by atoms with Crippen molar-refractivity contribution in [2.24, 2.45) is 0 Å². The maximum atomic E-state index is 13.5. The van der Waals surface area contributed by atoms with Crippen molar-refractivity contribution in [2.45, 2.75) is 6.18 Å². The second kappa shape index (κ2) is 5.39. The maximum Gasteiger partial charge on any atom is 0.433 e. The minimum absolute atomic E-state index is 0.00910. The number of hydrogen-bond acceptors (Lipinski definition) is 3. The molecule has 1 aromatic carbocycles. The van der Waals surface area contributed by atoms with Gasteiger partial charge in [-0.3, -0.25) is 4.79 Å². The second-order valence-electron chi connectivity index (χ2n) is 4.12. The van der Waals surface area contributed by atoms with Crippen LogP contribution in [0.2, 0.25) is 0 Å². The molecule has 1 heterocycles. The first kappa shape index (κ1) is 14.8. The van der Waals surface area contributed by atoms with Crippen LogP contribution < -0.4 is 11.1 Å². The Morgan fingerprint density at radius 1 is 1.19 bits per heavy atom. The van der Waals surface area contributed by atoms with Gasteiger partial charge in [0, 0.05) is 5.69 Å². The predicted octanol–water partition coefficient (Wildman–Crippen LogP) is 3.07. The molecule has 0 spiro atoms. The number of carbonyl (C=O) groups excluding carboxylic acids is 1. The van der Waals surface area contributed by atoms with E-state index in [1.54, 1.807) is 0 Å². The fourth-order valence-corrected chi connectivity index (χ4v) is 1.55. The van der Waals surface area contributed by atoms with Gasteiger partial charge in [0.2, 0.25) is 0 Å². The Morgan fingerprint density at radius 2 is 1.90 bits per heavy atom. The molecule has 1 aromatic heterocycles. The van der Waals surface area contributed by atoms with Gasteiger partial charge in [0.15, 0.2) is 0 Å². The lowest BCUT2D eigenvalue weighted by atomic mass is 10.1. The highest BCUT2D eigenvalue weighted by Gasteiger charge is 2.32. The van der Waals surface area contributed by atoms with Crippen molar-refractivity contribution >= 4 is 17.3 Å². The molecule has 1 amide bonds. The van der Waals surface area contributed by atoms with E-state index in [1.165, 1.54) is 6.07 Å². The fraction of sp³-hybridized carbons (Fsp3) is 0.0769. The molecule has 3 N–H and O–H groups in total. The van der Waals surface area contributed by atoms with Crippen LogP contribution in [-0.4, -0.2) is 10.9 Å². The molecule has 0 aliphatic carbocycles. The highest BCUT2D eigenvalue weighted by Crippen LogP contribution is 2.27. The SMILES string of the molecule is Nc1ccc(F)c(C(=O)Nc2ccc(C(F)(F)F)nc2)c1. The van der Waals surface area contributed by atoms with Crippen molar-refractivity contribution in [2.75, 3.05) is 11.1 Å². The molecule has 0 fully saturated rings. The zero-order valence-corrected chi connectivity index (χ0v) is 10.4. The fourth-order valence-electron chi connectivity index (χ4n) is 1.55. The van der Waals surface area contributed by atoms with Gasteiger partial charge in [-0.15, -0.1) is 0 Å². The van der Waals surface area contributed by atoms with E-state index >= 15 is 0 Å². The van der Waals surface area contributed by atoms with Crippen molar-refractivity contribution in [1.82, 2.24) is 4.98 Å². The largest absolute Gasteiger partial charge is 0.433 e. The Kier molecular flexibility index (Phi) is 3.79. The number of pyridine rings is 1. The topological polar surface area (TPSA) is 68.0 Å². The van der Waals surface area contributed by atoms with E-state index in [0.29, 0.717) is 6.07 Å². The van der Waals surface area contributed by atoms with Gasteiger partial charge < -0.3 is 11.1 Å². The molecule has 0 aliphatic rings.